The fourth-order valence-corrected chi connectivity index (χ4v) is 2.22. The average Bonchev–Trinajstić information content (AvgIpc) is 2.37. The number of nitrogens with zero attached hydrogens (tertiary/aromatic N) is 2. The van der Waals surface area contributed by atoms with Crippen LogP contribution in [-0.2, 0) is 4.79 Å². The first-order valence-electron chi connectivity index (χ1n) is 6.42. The summed E-state index contributed by atoms with van der Waals surface area (Å²) in [7, 11) is 4.19. The lowest BCUT2D eigenvalue weighted by atomic mass is 10.0. The number of carbonyl (C=O) groups excluding carboxylic acids is 1. The van der Waals surface area contributed by atoms with Crippen LogP contribution in [0.2, 0.25) is 0 Å². The third kappa shape index (κ3) is 4.22. The Morgan fingerprint density at radius 2 is 2.00 bits per heavy atom. The number of hydrogen-bond donors (Lipinski definition) is 0. The molecule has 3 heteroatoms. The molecule has 0 spiro atoms. The molecule has 1 saturated heterocycles. The van der Waals surface area contributed by atoms with Crippen LogP contribution in [0.4, 0.5) is 0 Å². The molecule has 0 aromatic carbocycles. The van der Waals surface area contributed by atoms with Gasteiger partial charge in [0.25, 0.3) is 0 Å². The van der Waals surface area contributed by atoms with Gasteiger partial charge < -0.3 is 4.90 Å². The summed E-state index contributed by atoms with van der Waals surface area (Å²) in [6, 6.07) is 0.117. The lowest BCUT2D eigenvalue weighted by molar-refractivity contribution is -0.124. The summed E-state index contributed by atoms with van der Waals surface area (Å²) in [5.74, 6) is 1.04. The topological polar surface area (TPSA) is 23.6 Å². The molecule has 0 saturated carbocycles. The summed E-state index contributed by atoms with van der Waals surface area (Å²) in [6.07, 6.45) is 2.92. The van der Waals surface area contributed by atoms with Gasteiger partial charge in [-0.15, -0.1) is 0 Å². The van der Waals surface area contributed by atoms with Crippen molar-refractivity contribution >= 4 is 5.78 Å². The van der Waals surface area contributed by atoms with E-state index in [1.54, 1.807) is 0 Å². The summed E-state index contributed by atoms with van der Waals surface area (Å²) in [4.78, 5) is 16.7. The predicted octanol–water partition coefficient (Wildman–Crippen LogP) is 1.63. The average molecular weight is 226 g/mol. The maximum absolute atomic E-state index is 12.1. The molecule has 0 amide bonds. The maximum Gasteiger partial charge on any atom is 0.151 e. The third-order valence-corrected chi connectivity index (χ3v) is 3.41. The van der Waals surface area contributed by atoms with Gasteiger partial charge in [-0.1, -0.05) is 13.8 Å². The van der Waals surface area contributed by atoms with E-state index in [1.807, 2.05) is 0 Å². The van der Waals surface area contributed by atoms with Gasteiger partial charge in [0.1, 0.15) is 0 Å². The molecule has 0 N–H and O–H groups in total. The molecule has 1 atom stereocenters. The molecule has 0 aliphatic carbocycles. The lowest BCUT2D eigenvalue weighted by Gasteiger charge is -2.26. The van der Waals surface area contributed by atoms with Crippen molar-refractivity contribution in [2.75, 3.05) is 33.7 Å². The van der Waals surface area contributed by atoms with E-state index in [9.17, 15) is 4.79 Å². The van der Waals surface area contributed by atoms with E-state index >= 15 is 0 Å². The van der Waals surface area contributed by atoms with Gasteiger partial charge in [-0.3, -0.25) is 9.69 Å². The van der Waals surface area contributed by atoms with Crippen LogP contribution >= 0.6 is 0 Å². The van der Waals surface area contributed by atoms with E-state index in [-0.39, 0.29) is 6.04 Å². The lowest BCUT2D eigenvalue weighted by Crippen LogP contribution is -2.43. The van der Waals surface area contributed by atoms with Crippen molar-refractivity contribution in [1.82, 2.24) is 9.80 Å². The summed E-state index contributed by atoms with van der Waals surface area (Å²) >= 11 is 0. The van der Waals surface area contributed by atoms with E-state index in [0.29, 0.717) is 11.7 Å². The zero-order chi connectivity index (χ0) is 12.1. The Hall–Kier alpha value is -0.410. The van der Waals surface area contributed by atoms with Crippen LogP contribution in [0.3, 0.4) is 0 Å². The third-order valence-electron chi connectivity index (χ3n) is 3.41. The van der Waals surface area contributed by atoms with Gasteiger partial charge in [-0.2, -0.15) is 0 Å². The second-order valence-electron chi connectivity index (χ2n) is 5.51. The molecule has 94 valence electrons. The van der Waals surface area contributed by atoms with E-state index in [4.69, 9.17) is 0 Å². The van der Waals surface area contributed by atoms with Crippen LogP contribution < -0.4 is 0 Å². The van der Waals surface area contributed by atoms with Crippen molar-refractivity contribution in [1.29, 1.82) is 0 Å². The zero-order valence-corrected chi connectivity index (χ0v) is 11.2. The number of Topliss-reactive ketones (excluding diaryl/α,β-unsaturated/α-hetero) is 1. The Bertz CT molecular complexity index is 228. The van der Waals surface area contributed by atoms with Crippen molar-refractivity contribution in [2.24, 2.45) is 5.92 Å². The molecule has 0 radical (unpaired) electrons. The van der Waals surface area contributed by atoms with Crippen LogP contribution in [0, 0.1) is 5.92 Å². The second kappa shape index (κ2) is 6.36. The maximum atomic E-state index is 12.1. The summed E-state index contributed by atoms with van der Waals surface area (Å²) in [5, 5.41) is 0. The monoisotopic (exact) mass is 226 g/mol. The molecular weight excluding hydrogens is 200 g/mol. The van der Waals surface area contributed by atoms with Gasteiger partial charge >= 0.3 is 0 Å². The first-order valence-corrected chi connectivity index (χ1v) is 6.42. The minimum atomic E-state index is 0.117. The highest BCUT2D eigenvalue weighted by Gasteiger charge is 2.26. The number of hydrogen-bond acceptors (Lipinski definition) is 3. The summed E-state index contributed by atoms with van der Waals surface area (Å²) < 4.78 is 0. The molecule has 1 aliphatic heterocycles. The zero-order valence-electron chi connectivity index (χ0n) is 11.2. The van der Waals surface area contributed by atoms with Crippen LogP contribution in [0.15, 0.2) is 0 Å². The van der Waals surface area contributed by atoms with Gasteiger partial charge in [-0.25, -0.2) is 0 Å². The van der Waals surface area contributed by atoms with Crippen molar-refractivity contribution < 1.29 is 4.79 Å². The van der Waals surface area contributed by atoms with Crippen LogP contribution in [-0.4, -0.2) is 55.4 Å². The second-order valence-corrected chi connectivity index (χ2v) is 5.51. The molecule has 0 aromatic rings. The van der Waals surface area contributed by atoms with Crippen LogP contribution in [0.25, 0.3) is 0 Å². The van der Waals surface area contributed by atoms with E-state index in [1.165, 1.54) is 6.42 Å². The fraction of sp³-hybridized carbons (Fsp3) is 0.923. The molecule has 16 heavy (non-hydrogen) atoms. The first kappa shape index (κ1) is 13.7. The molecule has 0 bridgehead atoms. The highest BCUT2D eigenvalue weighted by Crippen LogP contribution is 2.12. The standard InChI is InChI=1S/C13H26N2O/c1-11(2)6-7-13(16)12-10-14(3)8-5-9-15(12)4/h11-12H,5-10H2,1-4H3. The highest BCUT2D eigenvalue weighted by molar-refractivity contribution is 5.84. The van der Waals surface area contributed by atoms with Crippen LogP contribution in [0.1, 0.15) is 33.1 Å². The molecule has 1 fully saturated rings. The van der Waals surface area contributed by atoms with Gasteiger partial charge in [0, 0.05) is 13.0 Å². The van der Waals surface area contributed by atoms with Crippen molar-refractivity contribution in [3.05, 3.63) is 0 Å². The van der Waals surface area contributed by atoms with E-state index in [2.05, 4.69) is 37.7 Å². The number of rotatable bonds is 4. The van der Waals surface area contributed by atoms with Gasteiger partial charge in [0.15, 0.2) is 5.78 Å². The van der Waals surface area contributed by atoms with Crippen molar-refractivity contribution in [3.8, 4) is 0 Å². The molecule has 1 unspecified atom stereocenters. The molecule has 1 heterocycles. The van der Waals surface area contributed by atoms with Gasteiger partial charge in [-0.05, 0) is 45.9 Å². The van der Waals surface area contributed by atoms with Crippen molar-refractivity contribution in [3.63, 3.8) is 0 Å². The Morgan fingerprint density at radius 3 is 2.62 bits per heavy atom. The molecule has 3 nitrogen and oxygen atoms in total. The smallest absolute Gasteiger partial charge is 0.151 e. The van der Waals surface area contributed by atoms with E-state index in [0.717, 1.165) is 32.5 Å². The highest BCUT2D eigenvalue weighted by atomic mass is 16.1. The van der Waals surface area contributed by atoms with Gasteiger partial charge in [0.05, 0.1) is 6.04 Å². The number of likely N-dealkylation sites (N-methyl/N-ethyl adjacent to an activating group) is 2. The number of ketones is 1. The molecule has 1 rings (SSSR count). The minimum absolute atomic E-state index is 0.117. The fourth-order valence-electron chi connectivity index (χ4n) is 2.22. The molecular formula is C13H26N2O. The quantitative estimate of drug-likeness (QED) is 0.728. The van der Waals surface area contributed by atoms with Crippen LogP contribution in [0.5, 0.6) is 0 Å². The molecule has 0 aromatic heterocycles. The minimum Gasteiger partial charge on any atom is -0.304 e. The predicted molar refractivity (Wildman–Crippen MR) is 67.6 cm³/mol. The van der Waals surface area contributed by atoms with Gasteiger partial charge in [0.2, 0.25) is 0 Å². The summed E-state index contributed by atoms with van der Waals surface area (Å²) in [6.45, 7) is 7.40. The normalized spacial score (nSPS) is 24.7. The van der Waals surface area contributed by atoms with Crippen molar-refractivity contribution in [2.45, 2.75) is 39.2 Å². The molecule has 1 aliphatic rings. The number of carbonyl (C=O) groups is 1. The Balaban J connectivity index is 2.50. The summed E-state index contributed by atoms with van der Waals surface area (Å²) in [5.41, 5.74) is 0. The first-order chi connectivity index (χ1) is 7.50. The Kier molecular flexibility index (Phi) is 5.42. The Labute approximate surface area is 99.8 Å². The Morgan fingerprint density at radius 1 is 1.31 bits per heavy atom. The van der Waals surface area contributed by atoms with E-state index < -0.39 is 0 Å². The largest absolute Gasteiger partial charge is 0.304 e. The SMILES string of the molecule is CC(C)CCC(=O)C1CN(C)CCCN1C.